The van der Waals surface area contributed by atoms with Gasteiger partial charge in [0.1, 0.15) is 12.4 Å². The zero-order chi connectivity index (χ0) is 21.2. The number of likely N-dealkylation sites (N-methyl/N-ethyl adjacent to an activating group) is 2. The van der Waals surface area contributed by atoms with Crippen molar-refractivity contribution in [3.8, 4) is 5.75 Å². The molecule has 7 nitrogen and oxygen atoms in total. The number of carbonyl (C=O) groups excluding carboxylic acids is 1. The molecule has 0 saturated heterocycles. The van der Waals surface area contributed by atoms with Gasteiger partial charge in [-0.3, -0.25) is 9.89 Å². The van der Waals surface area contributed by atoms with E-state index in [9.17, 15) is 4.79 Å². The summed E-state index contributed by atoms with van der Waals surface area (Å²) in [6.07, 6.45) is 5.87. The van der Waals surface area contributed by atoms with Gasteiger partial charge in [0.05, 0.1) is 12.2 Å². The van der Waals surface area contributed by atoms with E-state index < -0.39 is 0 Å². The summed E-state index contributed by atoms with van der Waals surface area (Å²) < 4.78 is 5.64. The number of hydrogen-bond acceptors (Lipinski definition) is 5. The molecule has 3 N–H and O–H groups in total. The number of nitrogens with one attached hydrogen (secondary N) is 3. The second kappa shape index (κ2) is 11.7. The predicted molar refractivity (Wildman–Crippen MR) is 118 cm³/mol. The van der Waals surface area contributed by atoms with Gasteiger partial charge in [-0.25, -0.2) is 0 Å². The van der Waals surface area contributed by atoms with Crippen LogP contribution in [0.1, 0.15) is 42.9 Å². The van der Waals surface area contributed by atoms with E-state index in [2.05, 4.69) is 32.8 Å². The van der Waals surface area contributed by atoms with Crippen molar-refractivity contribution >= 4 is 5.91 Å². The average molecular weight is 414 g/mol. The Morgan fingerprint density at radius 1 is 1.20 bits per heavy atom. The normalized spacial score (nSPS) is 19.0. The number of ether oxygens (including phenoxy) is 1. The highest BCUT2D eigenvalue weighted by Gasteiger charge is 2.29. The van der Waals surface area contributed by atoms with Crippen molar-refractivity contribution in [3.05, 3.63) is 47.8 Å². The van der Waals surface area contributed by atoms with Crippen LogP contribution in [0.4, 0.5) is 0 Å². The molecule has 0 spiro atoms. The molecular formula is C23H35N5O2. The fourth-order valence-electron chi connectivity index (χ4n) is 4.11. The summed E-state index contributed by atoms with van der Waals surface area (Å²) in [5.41, 5.74) is 2.46. The number of nitrogens with zero attached hydrogens (tertiary/aromatic N) is 2. The molecule has 1 aliphatic carbocycles. The van der Waals surface area contributed by atoms with E-state index in [0.29, 0.717) is 19.1 Å². The molecule has 0 radical (unpaired) electrons. The quantitative estimate of drug-likeness (QED) is 0.493. The molecule has 1 aliphatic rings. The fourth-order valence-corrected chi connectivity index (χ4v) is 4.11. The smallest absolute Gasteiger partial charge is 0.223 e. The largest absolute Gasteiger partial charge is 0.492 e. The molecule has 1 heterocycles. The van der Waals surface area contributed by atoms with Gasteiger partial charge in [0.25, 0.3) is 0 Å². The number of para-hydroxylation sites is 1. The summed E-state index contributed by atoms with van der Waals surface area (Å²) >= 11 is 0. The minimum atomic E-state index is 0.0960. The maximum Gasteiger partial charge on any atom is 0.223 e. The third kappa shape index (κ3) is 6.57. The third-order valence-corrected chi connectivity index (χ3v) is 5.83. The minimum Gasteiger partial charge on any atom is -0.492 e. The van der Waals surface area contributed by atoms with Gasteiger partial charge in [-0.1, -0.05) is 18.2 Å². The van der Waals surface area contributed by atoms with Crippen LogP contribution >= 0.6 is 0 Å². The lowest BCUT2D eigenvalue weighted by molar-refractivity contribution is -0.126. The van der Waals surface area contributed by atoms with E-state index in [1.165, 1.54) is 11.3 Å². The first-order valence-electron chi connectivity index (χ1n) is 11.0. The highest BCUT2D eigenvalue weighted by Crippen LogP contribution is 2.36. The average Bonchev–Trinajstić information content (AvgIpc) is 3.24. The molecule has 1 fully saturated rings. The van der Waals surface area contributed by atoms with E-state index >= 15 is 0 Å². The number of aromatic amines is 1. The molecule has 1 amide bonds. The predicted octanol–water partition coefficient (Wildman–Crippen LogP) is 2.53. The SMILES string of the molecule is CNCCN(C)Cc1c[nH]nc1[C@H]1CC[C@@H](C(=O)NCCOc2ccccc2)CC1. The Bertz CT molecular complexity index is 756. The van der Waals surface area contributed by atoms with Crippen molar-refractivity contribution < 1.29 is 9.53 Å². The first kappa shape index (κ1) is 22.3. The summed E-state index contributed by atoms with van der Waals surface area (Å²) in [4.78, 5) is 14.8. The van der Waals surface area contributed by atoms with Crippen LogP contribution in [0.2, 0.25) is 0 Å². The monoisotopic (exact) mass is 413 g/mol. The van der Waals surface area contributed by atoms with Crippen molar-refractivity contribution in [3.63, 3.8) is 0 Å². The third-order valence-electron chi connectivity index (χ3n) is 5.83. The van der Waals surface area contributed by atoms with Gasteiger partial charge in [-0.05, 0) is 51.9 Å². The number of benzene rings is 1. The van der Waals surface area contributed by atoms with Crippen molar-refractivity contribution in [2.45, 2.75) is 38.1 Å². The summed E-state index contributed by atoms with van der Waals surface area (Å²) in [5.74, 6) is 1.52. The van der Waals surface area contributed by atoms with E-state index in [1.54, 1.807) is 0 Å². The molecule has 164 valence electrons. The second-order valence-corrected chi connectivity index (χ2v) is 8.14. The van der Waals surface area contributed by atoms with Gasteiger partial charge in [-0.2, -0.15) is 5.10 Å². The molecule has 1 aromatic carbocycles. The van der Waals surface area contributed by atoms with Crippen LogP contribution in [0.25, 0.3) is 0 Å². The Labute approximate surface area is 179 Å². The van der Waals surface area contributed by atoms with E-state index in [-0.39, 0.29) is 11.8 Å². The number of amides is 1. The highest BCUT2D eigenvalue weighted by atomic mass is 16.5. The molecule has 0 atom stereocenters. The Balaban J connectivity index is 1.39. The molecule has 2 aromatic rings. The molecule has 1 saturated carbocycles. The van der Waals surface area contributed by atoms with Crippen LogP contribution in [-0.2, 0) is 11.3 Å². The van der Waals surface area contributed by atoms with Gasteiger partial charge in [0.15, 0.2) is 0 Å². The standard InChI is InChI=1S/C23H35N5O2/c1-24-12-14-28(2)17-20-16-26-27-22(20)18-8-10-19(11-9-18)23(29)25-13-15-30-21-6-4-3-5-7-21/h3-7,16,18-19,24H,8-15,17H2,1-2H3,(H,25,29)(H,26,27)/t18-,19+. The fraction of sp³-hybridized carbons (Fsp3) is 0.565. The van der Waals surface area contributed by atoms with Crippen molar-refractivity contribution in [1.29, 1.82) is 0 Å². The Morgan fingerprint density at radius 3 is 2.70 bits per heavy atom. The van der Waals surface area contributed by atoms with Crippen LogP contribution in [0, 0.1) is 5.92 Å². The van der Waals surface area contributed by atoms with E-state index in [0.717, 1.165) is 51.1 Å². The molecule has 30 heavy (non-hydrogen) atoms. The molecule has 0 unspecified atom stereocenters. The summed E-state index contributed by atoms with van der Waals surface area (Å²) in [7, 11) is 4.11. The number of carbonyl (C=O) groups is 1. The first-order chi connectivity index (χ1) is 14.7. The first-order valence-corrected chi connectivity index (χ1v) is 11.0. The summed E-state index contributed by atoms with van der Waals surface area (Å²) in [6, 6.07) is 9.68. The number of H-pyrrole nitrogens is 1. The lowest BCUT2D eigenvalue weighted by atomic mass is 9.79. The maximum atomic E-state index is 12.5. The molecule has 3 rings (SSSR count). The Hall–Kier alpha value is -2.38. The number of rotatable bonds is 11. The molecule has 0 aliphatic heterocycles. The zero-order valence-electron chi connectivity index (χ0n) is 18.2. The Morgan fingerprint density at radius 2 is 1.97 bits per heavy atom. The van der Waals surface area contributed by atoms with Gasteiger partial charge in [-0.15, -0.1) is 0 Å². The van der Waals surface area contributed by atoms with Crippen LogP contribution < -0.4 is 15.4 Å². The topological polar surface area (TPSA) is 82.3 Å². The lowest BCUT2D eigenvalue weighted by Crippen LogP contribution is -2.35. The van der Waals surface area contributed by atoms with Gasteiger partial charge in [0, 0.05) is 43.2 Å². The highest BCUT2D eigenvalue weighted by molar-refractivity contribution is 5.78. The van der Waals surface area contributed by atoms with Crippen molar-refractivity contribution in [2.24, 2.45) is 5.92 Å². The van der Waals surface area contributed by atoms with E-state index in [4.69, 9.17) is 4.74 Å². The molecular weight excluding hydrogens is 378 g/mol. The van der Waals surface area contributed by atoms with Crippen molar-refractivity contribution in [2.75, 3.05) is 40.3 Å². The van der Waals surface area contributed by atoms with Gasteiger partial charge >= 0.3 is 0 Å². The molecule has 1 aromatic heterocycles. The zero-order valence-corrected chi connectivity index (χ0v) is 18.2. The van der Waals surface area contributed by atoms with Crippen LogP contribution in [0.5, 0.6) is 5.75 Å². The molecule has 7 heteroatoms. The number of aromatic nitrogens is 2. The van der Waals surface area contributed by atoms with Gasteiger partial charge in [0.2, 0.25) is 5.91 Å². The summed E-state index contributed by atoms with van der Waals surface area (Å²) in [6.45, 7) is 3.90. The Kier molecular flexibility index (Phi) is 8.71. The van der Waals surface area contributed by atoms with Crippen LogP contribution in [-0.4, -0.2) is 61.3 Å². The van der Waals surface area contributed by atoms with Crippen LogP contribution in [0.3, 0.4) is 0 Å². The van der Waals surface area contributed by atoms with Crippen molar-refractivity contribution in [1.82, 2.24) is 25.7 Å². The second-order valence-electron chi connectivity index (χ2n) is 8.14. The molecule has 0 bridgehead atoms. The summed E-state index contributed by atoms with van der Waals surface area (Å²) in [5, 5.41) is 13.8. The van der Waals surface area contributed by atoms with Gasteiger partial charge < -0.3 is 20.3 Å². The van der Waals surface area contributed by atoms with Crippen LogP contribution in [0.15, 0.2) is 36.5 Å². The van der Waals surface area contributed by atoms with E-state index in [1.807, 2.05) is 43.6 Å². The number of hydrogen-bond donors (Lipinski definition) is 3. The maximum absolute atomic E-state index is 12.5. The lowest BCUT2D eigenvalue weighted by Gasteiger charge is -2.28. The minimum absolute atomic E-state index is 0.0960.